The first-order chi connectivity index (χ1) is 9.49. The van der Waals surface area contributed by atoms with Crippen molar-refractivity contribution in [2.45, 2.75) is 18.9 Å². The predicted octanol–water partition coefficient (Wildman–Crippen LogP) is 1.26. The minimum atomic E-state index is -0.626. The smallest absolute Gasteiger partial charge is 0.287 e. The Labute approximate surface area is 119 Å². The molecule has 7 nitrogen and oxygen atoms in total. The summed E-state index contributed by atoms with van der Waals surface area (Å²) in [5.41, 5.74) is -0.0856. The van der Waals surface area contributed by atoms with Crippen LogP contribution < -0.4 is 10.6 Å². The van der Waals surface area contributed by atoms with Crippen LogP contribution in [0.15, 0.2) is 18.2 Å². The highest BCUT2D eigenvalue weighted by Crippen LogP contribution is 2.25. The van der Waals surface area contributed by atoms with Gasteiger partial charge in [0.25, 0.3) is 11.6 Å². The number of piperidine rings is 1. The fourth-order valence-corrected chi connectivity index (χ4v) is 2.20. The van der Waals surface area contributed by atoms with E-state index in [1.807, 2.05) is 0 Å². The van der Waals surface area contributed by atoms with Crippen molar-refractivity contribution >= 4 is 29.1 Å². The van der Waals surface area contributed by atoms with Crippen LogP contribution in [0.5, 0.6) is 0 Å². The molecule has 1 heterocycles. The van der Waals surface area contributed by atoms with Crippen molar-refractivity contribution in [3.05, 3.63) is 38.9 Å². The number of halogens is 1. The number of rotatable bonds is 3. The van der Waals surface area contributed by atoms with Crippen molar-refractivity contribution in [1.82, 2.24) is 10.6 Å². The second-order valence-corrected chi connectivity index (χ2v) is 4.79. The summed E-state index contributed by atoms with van der Waals surface area (Å²) in [4.78, 5) is 33.5. The summed E-state index contributed by atoms with van der Waals surface area (Å²) in [6.45, 7) is 0.606. The third-order valence-electron chi connectivity index (χ3n) is 3.00. The molecule has 0 aliphatic carbocycles. The minimum Gasteiger partial charge on any atom is -0.354 e. The SMILES string of the molecule is O=C(NC1CCCNC1=O)c1ccc([N+](=O)[O-])c(Cl)c1. The van der Waals surface area contributed by atoms with Crippen molar-refractivity contribution in [3.8, 4) is 0 Å². The first-order valence-corrected chi connectivity index (χ1v) is 6.39. The number of nitro groups is 1. The Morgan fingerprint density at radius 1 is 1.50 bits per heavy atom. The van der Waals surface area contributed by atoms with Gasteiger partial charge in [0, 0.05) is 18.2 Å². The highest BCUT2D eigenvalue weighted by molar-refractivity contribution is 6.33. The topological polar surface area (TPSA) is 101 Å². The first kappa shape index (κ1) is 14.3. The van der Waals surface area contributed by atoms with E-state index >= 15 is 0 Å². The van der Waals surface area contributed by atoms with E-state index < -0.39 is 16.9 Å². The Bertz CT molecular complexity index is 576. The molecular formula is C12H12ClN3O4. The van der Waals surface area contributed by atoms with Gasteiger partial charge in [-0.05, 0) is 25.0 Å². The van der Waals surface area contributed by atoms with Gasteiger partial charge in [-0.3, -0.25) is 19.7 Å². The van der Waals surface area contributed by atoms with Gasteiger partial charge < -0.3 is 10.6 Å². The second kappa shape index (κ2) is 5.87. The molecule has 0 aromatic heterocycles. The van der Waals surface area contributed by atoms with E-state index in [-0.39, 0.29) is 22.2 Å². The van der Waals surface area contributed by atoms with Gasteiger partial charge >= 0.3 is 0 Å². The van der Waals surface area contributed by atoms with Crippen LogP contribution in [0.3, 0.4) is 0 Å². The average molecular weight is 298 g/mol. The van der Waals surface area contributed by atoms with E-state index in [9.17, 15) is 19.7 Å². The molecule has 1 aromatic carbocycles. The van der Waals surface area contributed by atoms with Gasteiger partial charge in [0.05, 0.1) is 4.92 Å². The van der Waals surface area contributed by atoms with Gasteiger partial charge in [-0.2, -0.15) is 0 Å². The van der Waals surface area contributed by atoms with Gasteiger partial charge in [-0.25, -0.2) is 0 Å². The van der Waals surface area contributed by atoms with Crippen LogP contribution in [-0.4, -0.2) is 29.3 Å². The van der Waals surface area contributed by atoms with Crippen molar-refractivity contribution in [2.75, 3.05) is 6.54 Å². The summed E-state index contributed by atoms with van der Waals surface area (Å²) in [7, 11) is 0. The normalized spacial score (nSPS) is 18.2. The Morgan fingerprint density at radius 3 is 2.85 bits per heavy atom. The first-order valence-electron chi connectivity index (χ1n) is 6.01. The van der Waals surface area contributed by atoms with Crippen LogP contribution in [-0.2, 0) is 4.79 Å². The number of amides is 2. The number of carbonyl (C=O) groups is 2. The molecule has 1 aromatic rings. The molecule has 1 atom stereocenters. The van der Waals surface area contributed by atoms with Crippen LogP contribution >= 0.6 is 11.6 Å². The highest BCUT2D eigenvalue weighted by Gasteiger charge is 2.24. The quantitative estimate of drug-likeness (QED) is 0.647. The maximum absolute atomic E-state index is 12.0. The molecule has 2 amide bonds. The Hall–Kier alpha value is -2.15. The summed E-state index contributed by atoms with van der Waals surface area (Å²) in [6.07, 6.45) is 1.36. The predicted molar refractivity (Wildman–Crippen MR) is 71.6 cm³/mol. The molecule has 0 saturated carbocycles. The maximum Gasteiger partial charge on any atom is 0.287 e. The second-order valence-electron chi connectivity index (χ2n) is 4.38. The largest absolute Gasteiger partial charge is 0.354 e. The molecular weight excluding hydrogens is 286 g/mol. The lowest BCUT2D eigenvalue weighted by atomic mass is 10.1. The number of benzene rings is 1. The highest BCUT2D eigenvalue weighted by atomic mass is 35.5. The molecule has 2 rings (SSSR count). The van der Waals surface area contributed by atoms with Crippen LogP contribution in [0.25, 0.3) is 0 Å². The van der Waals surface area contributed by atoms with E-state index in [1.165, 1.54) is 12.1 Å². The molecule has 1 aliphatic rings. The average Bonchev–Trinajstić information content (AvgIpc) is 2.40. The van der Waals surface area contributed by atoms with E-state index in [4.69, 9.17) is 11.6 Å². The molecule has 0 spiro atoms. The Kier molecular flexibility index (Phi) is 4.19. The minimum absolute atomic E-state index is 0.115. The molecule has 1 unspecified atom stereocenters. The fraction of sp³-hybridized carbons (Fsp3) is 0.333. The van der Waals surface area contributed by atoms with E-state index in [0.29, 0.717) is 13.0 Å². The van der Waals surface area contributed by atoms with Crippen LogP contribution in [0, 0.1) is 10.1 Å². The van der Waals surface area contributed by atoms with Gasteiger partial charge in [-0.1, -0.05) is 11.6 Å². The molecule has 1 fully saturated rings. The Morgan fingerprint density at radius 2 is 2.25 bits per heavy atom. The monoisotopic (exact) mass is 297 g/mol. The van der Waals surface area contributed by atoms with Gasteiger partial charge in [-0.15, -0.1) is 0 Å². The van der Waals surface area contributed by atoms with E-state index in [0.717, 1.165) is 12.5 Å². The molecule has 8 heteroatoms. The van der Waals surface area contributed by atoms with Gasteiger partial charge in [0.1, 0.15) is 11.1 Å². The zero-order valence-electron chi connectivity index (χ0n) is 10.4. The zero-order chi connectivity index (χ0) is 14.7. The fourth-order valence-electron chi connectivity index (χ4n) is 1.95. The number of hydrogen-bond acceptors (Lipinski definition) is 4. The van der Waals surface area contributed by atoms with E-state index in [2.05, 4.69) is 10.6 Å². The Balaban J connectivity index is 2.11. The molecule has 106 valence electrons. The van der Waals surface area contributed by atoms with Crippen molar-refractivity contribution in [3.63, 3.8) is 0 Å². The summed E-state index contributed by atoms with van der Waals surface area (Å²) in [5, 5.41) is 15.8. The molecule has 0 bridgehead atoms. The third kappa shape index (κ3) is 3.05. The summed E-state index contributed by atoms with van der Waals surface area (Å²) in [6, 6.07) is 3.11. The van der Waals surface area contributed by atoms with Crippen molar-refractivity contribution < 1.29 is 14.5 Å². The number of nitrogens with one attached hydrogen (secondary N) is 2. The summed E-state index contributed by atoms with van der Waals surface area (Å²) >= 11 is 5.74. The molecule has 1 saturated heterocycles. The molecule has 0 radical (unpaired) electrons. The molecule has 2 N–H and O–H groups in total. The molecule has 1 aliphatic heterocycles. The number of carbonyl (C=O) groups excluding carboxylic acids is 2. The molecule has 20 heavy (non-hydrogen) atoms. The van der Waals surface area contributed by atoms with Crippen molar-refractivity contribution in [2.24, 2.45) is 0 Å². The van der Waals surface area contributed by atoms with Crippen LogP contribution in [0.1, 0.15) is 23.2 Å². The van der Waals surface area contributed by atoms with E-state index in [1.54, 1.807) is 0 Å². The standard InChI is InChI=1S/C12H12ClN3O4/c13-8-6-7(3-4-10(8)16(19)20)11(17)15-9-2-1-5-14-12(9)18/h3-4,6,9H,1-2,5H2,(H,14,18)(H,15,17). The summed E-state index contributed by atoms with van der Waals surface area (Å²) < 4.78 is 0. The number of hydrogen-bond donors (Lipinski definition) is 2. The number of nitro benzene ring substituents is 1. The number of nitrogens with zero attached hydrogens (tertiary/aromatic N) is 1. The third-order valence-corrected chi connectivity index (χ3v) is 3.30. The van der Waals surface area contributed by atoms with Gasteiger partial charge in [0.15, 0.2) is 0 Å². The zero-order valence-corrected chi connectivity index (χ0v) is 11.1. The lowest BCUT2D eigenvalue weighted by Gasteiger charge is -2.22. The van der Waals surface area contributed by atoms with Crippen LogP contribution in [0.2, 0.25) is 5.02 Å². The van der Waals surface area contributed by atoms with Crippen LogP contribution in [0.4, 0.5) is 5.69 Å². The lowest BCUT2D eigenvalue weighted by molar-refractivity contribution is -0.384. The van der Waals surface area contributed by atoms with Gasteiger partial charge in [0.2, 0.25) is 5.91 Å². The summed E-state index contributed by atoms with van der Waals surface area (Å²) in [5.74, 6) is -0.707. The maximum atomic E-state index is 12.0. The lowest BCUT2D eigenvalue weighted by Crippen LogP contribution is -2.50. The van der Waals surface area contributed by atoms with Crippen molar-refractivity contribution in [1.29, 1.82) is 0 Å².